The van der Waals surface area contributed by atoms with Gasteiger partial charge in [0.1, 0.15) is 11.8 Å². The fraction of sp³-hybridized carbons (Fsp3) is 0.333. The molecule has 0 amide bonds. The Kier molecular flexibility index (Phi) is 6.63. The lowest BCUT2D eigenvalue weighted by Gasteiger charge is -2.32. The summed E-state index contributed by atoms with van der Waals surface area (Å²) in [5.74, 6) is 0.735. The fourth-order valence-corrected chi connectivity index (χ4v) is 4.47. The van der Waals surface area contributed by atoms with Crippen LogP contribution in [-0.4, -0.2) is 29.2 Å². The molecule has 1 aliphatic heterocycles. The summed E-state index contributed by atoms with van der Waals surface area (Å²) in [6.45, 7) is 3.93. The number of benzene rings is 2. The maximum Gasteiger partial charge on any atom is 0.416 e. The van der Waals surface area contributed by atoms with Gasteiger partial charge in [-0.15, -0.1) is 0 Å². The molecular formula is C24H22ClF3N4O. The summed E-state index contributed by atoms with van der Waals surface area (Å²) in [4.78, 5) is 4.15. The molecular weight excluding hydrogens is 453 g/mol. The molecule has 172 valence electrons. The van der Waals surface area contributed by atoms with Gasteiger partial charge in [0.15, 0.2) is 0 Å². The van der Waals surface area contributed by atoms with Gasteiger partial charge in [-0.05, 0) is 43.2 Å². The number of rotatable bonds is 6. The SMILES string of the molecule is Cc1cc(CN2CC[C@H](N(Cc3ccccc3C(F)(F)F)c3ccc(C#N)c(Cl)c3)C2)no1. The number of nitriles is 1. The lowest BCUT2D eigenvalue weighted by molar-refractivity contribution is -0.138. The predicted octanol–water partition coefficient (Wildman–Crippen LogP) is 5.81. The highest BCUT2D eigenvalue weighted by molar-refractivity contribution is 6.32. The molecule has 4 rings (SSSR count). The third-order valence-corrected chi connectivity index (χ3v) is 6.13. The average Bonchev–Trinajstić information content (AvgIpc) is 3.40. The number of halogens is 4. The zero-order valence-corrected chi connectivity index (χ0v) is 18.7. The Labute approximate surface area is 195 Å². The first-order valence-corrected chi connectivity index (χ1v) is 10.9. The number of aromatic nitrogens is 1. The monoisotopic (exact) mass is 474 g/mol. The van der Waals surface area contributed by atoms with Gasteiger partial charge in [0, 0.05) is 44.0 Å². The van der Waals surface area contributed by atoms with E-state index < -0.39 is 11.7 Å². The largest absolute Gasteiger partial charge is 0.416 e. The summed E-state index contributed by atoms with van der Waals surface area (Å²) in [5, 5.41) is 13.5. The molecule has 0 bridgehead atoms. The van der Waals surface area contributed by atoms with Crippen LogP contribution in [0, 0.1) is 18.3 Å². The quantitative estimate of drug-likeness (QED) is 0.451. The standard InChI is InChI=1S/C24H22ClF3N4O/c1-16-10-19(30-33-16)14-31-9-8-21(15-31)32(20-7-6-17(12-29)23(25)11-20)13-18-4-2-3-5-22(18)24(26,27)28/h2-7,10-11,21H,8-9,13-15H2,1H3/t21-/m0/s1. The molecule has 3 aromatic rings. The normalized spacial score (nSPS) is 16.7. The zero-order chi connectivity index (χ0) is 23.6. The molecule has 1 saturated heterocycles. The first kappa shape index (κ1) is 23.1. The molecule has 5 nitrogen and oxygen atoms in total. The predicted molar refractivity (Wildman–Crippen MR) is 119 cm³/mol. The highest BCUT2D eigenvalue weighted by Gasteiger charge is 2.35. The minimum Gasteiger partial charge on any atom is -0.363 e. The van der Waals surface area contributed by atoms with E-state index in [9.17, 15) is 18.4 Å². The van der Waals surface area contributed by atoms with Crippen molar-refractivity contribution in [2.24, 2.45) is 0 Å². The van der Waals surface area contributed by atoms with Crippen LogP contribution < -0.4 is 4.90 Å². The van der Waals surface area contributed by atoms with Gasteiger partial charge in [0.05, 0.1) is 21.8 Å². The van der Waals surface area contributed by atoms with Crippen LogP contribution in [-0.2, 0) is 19.3 Å². The lowest BCUT2D eigenvalue weighted by Crippen LogP contribution is -2.37. The summed E-state index contributed by atoms with van der Waals surface area (Å²) >= 11 is 6.27. The molecule has 0 saturated carbocycles. The maximum atomic E-state index is 13.6. The smallest absolute Gasteiger partial charge is 0.363 e. The van der Waals surface area contributed by atoms with E-state index in [-0.39, 0.29) is 23.2 Å². The number of anilines is 1. The van der Waals surface area contributed by atoms with Crippen molar-refractivity contribution in [3.8, 4) is 6.07 Å². The third kappa shape index (κ3) is 5.32. The van der Waals surface area contributed by atoms with E-state index >= 15 is 0 Å². The van der Waals surface area contributed by atoms with Gasteiger partial charge in [-0.3, -0.25) is 4.90 Å². The van der Waals surface area contributed by atoms with Crippen molar-refractivity contribution in [1.82, 2.24) is 10.1 Å². The molecule has 9 heteroatoms. The number of nitrogens with zero attached hydrogens (tertiary/aromatic N) is 4. The van der Waals surface area contributed by atoms with Gasteiger partial charge in [0.25, 0.3) is 0 Å². The second-order valence-corrected chi connectivity index (χ2v) is 8.57. The van der Waals surface area contributed by atoms with E-state index in [1.807, 2.05) is 24.0 Å². The van der Waals surface area contributed by atoms with Crippen molar-refractivity contribution in [3.63, 3.8) is 0 Å². The van der Waals surface area contributed by atoms with Crippen molar-refractivity contribution in [1.29, 1.82) is 5.26 Å². The number of aryl methyl sites for hydroxylation is 1. The van der Waals surface area contributed by atoms with E-state index in [0.29, 0.717) is 24.3 Å². The molecule has 1 aromatic heterocycles. The topological polar surface area (TPSA) is 56.3 Å². The van der Waals surface area contributed by atoms with Gasteiger partial charge in [-0.25, -0.2) is 0 Å². The molecule has 2 aromatic carbocycles. The van der Waals surface area contributed by atoms with Crippen molar-refractivity contribution < 1.29 is 17.7 Å². The number of alkyl halides is 3. The van der Waals surface area contributed by atoms with Crippen molar-refractivity contribution in [2.45, 2.75) is 38.7 Å². The van der Waals surface area contributed by atoms with Crippen LogP contribution in [0.3, 0.4) is 0 Å². The minimum absolute atomic E-state index is 0.0386. The molecule has 0 N–H and O–H groups in total. The number of likely N-dealkylation sites (tertiary alicyclic amines) is 1. The molecule has 0 unspecified atom stereocenters. The van der Waals surface area contributed by atoms with Crippen LogP contribution in [0.5, 0.6) is 0 Å². The second-order valence-electron chi connectivity index (χ2n) is 8.17. The minimum atomic E-state index is -4.45. The summed E-state index contributed by atoms with van der Waals surface area (Å²) in [5.41, 5.74) is 1.37. The highest BCUT2D eigenvalue weighted by Crippen LogP contribution is 2.35. The Hall–Kier alpha value is -3.02. The van der Waals surface area contributed by atoms with Crippen LogP contribution in [0.1, 0.15) is 34.6 Å². The number of hydrogen-bond donors (Lipinski definition) is 0. The van der Waals surface area contributed by atoms with E-state index in [1.54, 1.807) is 24.3 Å². The van der Waals surface area contributed by atoms with E-state index in [1.165, 1.54) is 12.1 Å². The van der Waals surface area contributed by atoms with Crippen LogP contribution in [0.15, 0.2) is 53.1 Å². The molecule has 1 fully saturated rings. The van der Waals surface area contributed by atoms with Crippen molar-refractivity contribution in [2.75, 3.05) is 18.0 Å². The summed E-state index contributed by atoms with van der Waals surface area (Å²) in [6.07, 6.45) is -3.68. The van der Waals surface area contributed by atoms with E-state index in [0.717, 1.165) is 30.5 Å². The summed E-state index contributed by atoms with van der Waals surface area (Å²) in [7, 11) is 0. The Morgan fingerprint density at radius 2 is 2.03 bits per heavy atom. The Balaban J connectivity index is 1.63. The lowest BCUT2D eigenvalue weighted by atomic mass is 10.0. The molecule has 1 atom stereocenters. The average molecular weight is 475 g/mol. The van der Waals surface area contributed by atoms with Crippen molar-refractivity contribution >= 4 is 17.3 Å². The van der Waals surface area contributed by atoms with Gasteiger partial charge in [-0.2, -0.15) is 18.4 Å². The Bertz CT molecular complexity index is 1170. The highest BCUT2D eigenvalue weighted by atomic mass is 35.5. The maximum absolute atomic E-state index is 13.6. The molecule has 33 heavy (non-hydrogen) atoms. The Morgan fingerprint density at radius 1 is 1.24 bits per heavy atom. The van der Waals surface area contributed by atoms with Gasteiger partial charge >= 0.3 is 6.18 Å². The molecule has 0 radical (unpaired) electrons. The van der Waals surface area contributed by atoms with Crippen molar-refractivity contribution in [3.05, 3.63) is 81.7 Å². The molecule has 2 heterocycles. The van der Waals surface area contributed by atoms with Gasteiger partial charge in [0.2, 0.25) is 0 Å². The molecule has 1 aliphatic rings. The van der Waals surface area contributed by atoms with Crippen LogP contribution >= 0.6 is 11.6 Å². The second kappa shape index (κ2) is 9.46. The van der Waals surface area contributed by atoms with Crippen LogP contribution in [0.2, 0.25) is 5.02 Å². The van der Waals surface area contributed by atoms with Crippen LogP contribution in [0.25, 0.3) is 0 Å². The summed E-state index contributed by atoms with van der Waals surface area (Å²) < 4.78 is 46.1. The third-order valence-electron chi connectivity index (χ3n) is 5.82. The first-order chi connectivity index (χ1) is 15.7. The first-order valence-electron chi connectivity index (χ1n) is 10.5. The fourth-order valence-electron chi connectivity index (χ4n) is 4.25. The summed E-state index contributed by atoms with van der Waals surface area (Å²) in [6, 6.07) is 14.5. The molecule has 0 spiro atoms. The van der Waals surface area contributed by atoms with Gasteiger partial charge < -0.3 is 9.42 Å². The van der Waals surface area contributed by atoms with Gasteiger partial charge in [-0.1, -0.05) is 35.0 Å². The Morgan fingerprint density at radius 3 is 2.70 bits per heavy atom. The zero-order valence-electron chi connectivity index (χ0n) is 17.9. The number of hydrogen-bond acceptors (Lipinski definition) is 5. The van der Waals surface area contributed by atoms with E-state index in [2.05, 4.69) is 10.1 Å². The van der Waals surface area contributed by atoms with E-state index in [4.69, 9.17) is 16.1 Å². The van der Waals surface area contributed by atoms with Crippen LogP contribution in [0.4, 0.5) is 18.9 Å². The molecule has 0 aliphatic carbocycles.